The van der Waals surface area contributed by atoms with E-state index >= 15 is 0 Å². The van der Waals surface area contributed by atoms with Crippen LogP contribution in [0.15, 0.2) is 42.1 Å². The van der Waals surface area contributed by atoms with Gasteiger partial charge in [-0.2, -0.15) is 13.2 Å². The Balaban J connectivity index is 1.24. The average molecular weight is 542 g/mol. The molecule has 1 unspecified atom stereocenters. The van der Waals surface area contributed by atoms with E-state index in [1.807, 2.05) is 6.08 Å². The van der Waals surface area contributed by atoms with Gasteiger partial charge >= 0.3 is 6.18 Å². The van der Waals surface area contributed by atoms with Gasteiger partial charge in [0.05, 0.1) is 10.3 Å². The molecule has 12 heteroatoms. The topological polar surface area (TPSA) is 82.0 Å². The lowest BCUT2D eigenvalue weighted by atomic mass is 10.1. The second kappa shape index (κ2) is 11.7. The van der Waals surface area contributed by atoms with Crippen LogP contribution < -0.4 is 5.32 Å². The van der Waals surface area contributed by atoms with Crippen molar-refractivity contribution in [1.82, 2.24) is 14.7 Å². The van der Waals surface area contributed by atoms with Gasteiger partial charge < -0.3 is 20.0 Å². The first-order valence-electron chi connectivity index (χ1n) is 12.5. The standard InChI is InChI=1S/C25H31ClF3N5O3/c26-18-2-5-21(6-3-18)32-11-1-10-31(14-15-32)12-9-24(35)33-13-8-20(17-33)30-19-4-7-23(34(36)37)22(16-19)25(27,28)29/h2,4-7,16,18,20,30H,1,3,8-15,17H2/t18?,20-/m1/s1. The molecule has 1 N–H and O–H groups in total. The molecule has 2 fully saturated rings. The van der Waals surface area contributed by atoms with Crippen molar-refractivity contribution in [1.29, 1.82) is 0 Å². The van der Waals surface area contributed by atoms with Gasteiger partial charge in [0.1, 0.15) is 5.56 Å². The van der Waals surface area contributed by atoms with E-state index in [-0.39, 0.29) is 23.0 Å². The SMILES string of the molecule is O=C(CCN1CCCN(C2=CCC(Cl)C=C2)CC1)N1CC[C@@H](Nc2ccc([N+](=O)[O-])c(C(F)(F)F)c2)C1. The van der Waals surface area contributed by atoms with Crippen molar-refractivity contribution in [3.63, 3.8) is 0 Å². The molecule has 1 aromatic rings. The normalized spacial score (nSPS) is 23.1. The predicted molar refractivity (Wildman–Crippen MR) is 135 cm³/mol. The molecule has 1 aliphatic carbocycles. The Bertz CT molecular complexity index is 1060. The summed E-state index contributed by atoms with van der Waals surface area (Å²) in [7, 11) is 0. The molecule has 0 aromatic heterocycles. The molecule has 0 radical (unpaired) electrons. The van der Waals surface area contributed by atoms with E-state index < -0.39 is 22.4 Å². The summed E-state index contributed by atoms with van der Waals surface area (Å²) in [6.07, 6.45) is 4.27. The van der Waals surface area contributed by atoms with E-state index in [9.17, 15) is 28.1 Å². The number of carbonyl (C=O) groups is 1. The lowest BCUT2D eigenvalue weighted by Crippen LogP contribution is -2.36. The molecule has 3 aliphatic rings. The summed E-state index contributed by atoms with van der Waals surface area (Å²) in [5.74, 6) is 0.0242. The number of nitrogens with zero attached hydrogens (tertiary/aromatic N) is 4. The number of halogens is 4. The number of anilines is 1. The van der Waals surface area contributed by atoms with Crippen LogP contribution in [-0.4, -0.2) is 82.8 Å². The second-order valence-electron chi connectivity index (χ2n) is 9.63. The van der Waals surface area contributed by atoms with Crippen molar-refractivity contribution < 1.29 is 22.9 Å². The zero-order valence-electron chi connectivity index (χ0n) is 20.4. The Morgan fingerprint density at radius 3 is 2.70 bits per heavy atom. The third-order valence-electron chi connectivity index (χ3n) is 7.03. The van der Waals surface area contributed by atoms with Crippen molar-refractivity contribution in [3.05, 3.63) is 57.8 Å². The summed E-state index contributed by atoms with van der Waals surface area (Å²) in [5.41, 5.74) is -0.908. The van der Waals surface area contributed by atoms with Gasteiger partial charge in [0, 0.05) is 69.2 Å². The lowest BCUT2D eigenvalue weighted by molar-refractivity contribution is -0.388. The molecule has 0 spiro atoms. The molecule has 2 heterocycles. The second-order valence-corrected chi connectivity index (χ2v) is 10.2. The first-order valence-corrected chi connectivity index (χ1v) is 12.9. The number of alkyl halides is 4. The Kier molecular flexibility index (Phi) is 8.63. The van der Waals surface area contributed by atoms with Gasteiger partial charge in [-0.05, 0) is 44.0 Å². The molecule has 37 heavy (non-hydrogen) atoms. The van der Waals surface area contributed by atoms with Gasteiger partial charge in [0.25, 0.3) is 5.69 Å². The fourth-order valence-electron chi connectivity index (χ4n) is 5.03. The maximum absolute atomic E-state index is 13.3. The first-order chi connectivity index (χ1) is 17.6. The van der Waals surface area contributed by atoms with E-state index in [2.05, 4.69) is 27.3 Å². The highest BCUT2D eigenvalue weighted by atomic mass is 35.5. The van der Waals surface area contributed by atoms with Gasteiger partial charge in [-0.15, -0.1) is 11.6 Å². The van der Waals surface area contributed by atoms with Crippen LogP contribution in [0.25, 0.3) is 0 Å². The fourth-order valence-corrected chi connectivity index (χ4v) is 5.20. The summed E-state index contributed by atoms with van der Waals surface area (Å²) >= 11 is 6.13. The van der Waals surface area contributed by atoms with E-state index in [0.29, 0.717) is 32.5 Å². The Morgan fingerprint density at radius 1 is 1.19 bits per heavy atom. The molecule has 2 saturated heterocycles. The number of likely N-dealkylation sites (tertiary alicyclic amines) is 1. The molecular formula is C25H31ClF3N5O3. The summed E-state index contributed by atoms with van der Waals surface area (Å²) in [5, 5.41) is 14.0. The van der Waals surface area contributed by atoms with Crippen molar-refractivity contribution >= 4 is 28.9 Å². The van der Waals surface area contributed by atoms with Crippen LogP contribution in [0.1, 0.15) is 31.2 Å². The van der Waals surface area contributed by atoms with Crippen LogP contribution >= 0.6 is 11.6 Å². The predicted octanol–water partition coefficient (Wildman–Crippen LogP) is 4.48. The molecule has 2 aliphatic heterocycles. The third-order valence-corrected chi connectivity index (χ3v) is 7.36. The number of allylic oxidation sites excluding steroid dienone is 3. The Hall–Kier alpha value is -2.79. The Labute approximate surface area is 218 Å². The van der Waals surface area contributed by atoms with Crippen molar-refractivity contribution in [2.45, 2.75) is 43.3 Å². The highest BCUT2D eigenvalue weighted by molar-refractivity contribution is 6.22. The van der Waals surface area contributed by atoms with Gasteiger partial charge in [0.15, 0.2) is 0 Å². The van der Waals surface area contributed by atoms with E-state index in [0.717, 1.165) is 51.2 Å². The molecule has 0 bridgehead atoms. The molecule has 202 valence electrons. The minimum atomic E-state index is -4.83. The van der Waals surface area contributed by atoms with Crippen LogP contribution in [0.2, 0.25) is 0 Å². The monoisotopic (exact) mass is 541 g/mol. The number of carbonyl (C=O) groups excluding carboxylic acids is 1. The van der Waals surface area contributed by atoms with Crippen LogP contribution in [-0.2, 0) is 11.0 Å². The quantitative estimate of drug-likeness (QED) is 0.311. The maximum Gasteiger partial charge on any atom is 0.423 e. The minimum Gasteiger partial charge on any atom is -0.380 e. The average Bonchev–Trinajstić information content (AvgIpc) is 3.19. The Morgan fingerprint density at radius 2 is 2.00 bits per heavy atom. The van der Waals surface area contributed by atoms with Crippen LogP contribution in [0.3, 0.4) is 0 Å². The summed E-state index contributed by atoms with van der Waals surface area (Å²) in [6.45, 7) is 5.21. The smallest absolute Gasteiger partial charge is 0.380 e. The third kappa shape index (κ3) is 7.16. The lowest BCUT2D eigenvalue weighted by Gasteiger charge is -2.26. The molecule has 1 aromatic carbocycles. The summed E-state index contributed by atoms with van der Waals surface area (Å²) in [6, 6.07) is 2.68. The minimum absolute atomic E-state index is 0.0242. The molecule has 2 atom stereocenters. The summed E-state index contributed by atoms with van der Waals surface area (Å²) < 4.78 is 39.8. The zero-order valence-corrected chi connectivity index (χ0v) is 21.2. The van der Waals surface area contributed by atoms with Gasteiger partial charge in [-0.25, -0.2) is 0 Å². The van der Waals surface area contributed by atoms with E-state index in [1.165, 1.54) is 11.8 Å². The van der Waals surface area contributed by atoms with E-state index in [4.69, 9.17) is 11.6 Å². The number of hydrogen-bond donors (Lipinski definition) is 1. The molecule has 8 nitrogen and oxygen atoms in total. The number of amides is 1. The van der Waals surface area contributed by atoms with Crippen molar-refractivity contribution in [2.24, 2.45) is 0 Å². The number of nitrogens with one attached hydrogen (secondary N) is 1. The number of nitro groups is 1. The van der Waals surface area contributed by atoms with Gasteiger partial charge in [-0.1, -0.05) is 12.2 Å². The summed E-state index contributed by atoms with van der Waals surface area (Å²) in [4.78, 5) is 29.1. The van der Waals surface area contributed by atoms with Crippen molar-refractivity contribution in [2.75, 3.05) is 51.1 Å². The molecule has 0 saturated carbocycles. The largest absolute Gasteiger partial charge is 0.423 e. The molecule has 1 amide bonds. The highest BCUT2D eigenvalue weighted by Gasteiger charge is 2.38. The van der Waals surface area contributed by atoms with Crippen molar-refractivity contribution in [3.8, 4) is 0 Å². The fraction of sp³-hybridized carbons (Fsp3) is 0.560. The van der Waals surface area contributed by atoms with Crippen LogP contribution in [0.5, 0.6) is 0 Å². The molecule has 4 rings (SSSR count). The van der Waals surface area contributed by atoms with E-state index in [1.54, 1.807) is 4.90 Å². The van der Waals surface area contributed by atoms with Crippen LogP contribution in [0.4, 0.5) is 24.5 Å². The van der Waals surface area contributed by atoms with Gasteiger partial charge in [-0.3, -0.25) is 14.9 Å². The number of benzene rings is 1. The van der Waals surface area contributed by atoms with Gasteiger partial charge in [0.2, 0.25) is 5.91 Å². The number of nitro benzene ring substituents is 1. The maximum atomic E-state index is 13.3. The number of rotatable bonds is 7. The zero-order chi connectivity index (χ0) is 26.6. The van der Waals surface area contributed by atoms with Crippen LogP contribution in [0, 0.1) is 10.1 Å². The molecular weight excluding hydrogens is 511 g/mol. The number of hydrogen-bond acceptors (Lipinski definition) is 6. The first kappa shape index (κ1) is 27.3. The highest BCUT2D eigenvalue weighted by Crippen LogP contribution is 2.37.